The smallest absolute Gasteiger partial charge is 0.429 e. The predicted molar refractivity (Wildman–Crippen MR) is 158 cm³/mol. The third-order valence-corrected chi connectivity index (χ3v) is 8.44. The van der Waals surface area contributed by atoms with E-state index in [9.17, 15) is 23.1 Å². The minimum Gasteiger partial charge on any atom is -0.480 e. The summed E-state index contributed by atoms with van der Waals surface area (Å²) >= 11 is 0. The summed E-state index contributed by atoms with van der Waals surface area (Å²) in [5.74, 6) is -1.04. The van der Waals surface area contributed by atoms with E-state index >= 15 is 0 Å². The number of rotatable bonds is 7. The number of ether oxygens (including phenoxy) is 1. The van der Waals surface area contributed by atoms with Crippen molar-refractivity contribution in [3.05, 3.63) is 78.1 Å². The van der Waals surface area contributed by atoms with Gasteiger partial charge in [0, 0.05) is 37.5 Å². The number of aliphatic carboxylic acids is 1. The molecule has 2 aromatic carbocycles. The van der Waals surface area contributed by atoms with Crippen molar-refractivity contribution in [1.29, 1.82) is 0 Å². The lowest BCUT2D eigenvalue weighted by Gasteiger charge is -2.39. The Labute approximate surface area is 251 Å². The first-order valence-corrected chi connectivity index (χ1v) is 14.3. The van der Waals surface area contributed by atoms with Gasteiger partial charge in [-0.1, -0.05) is 36.4 Å². The Morgan fingerprint density at radius 1 is 1.09 bits per heavy atom. The Balaban J connectivity index is 1.31. The normalized spacial score (nSPS) is 18.8. The number of nitrogens with zero attached hydrogens (tertiary/aromatic N) is 5. The van der Waals surface area contributed by atoms with Crippen LogP contribution in [0.25, 0.3) is 16.8 Å². The van der Waals surface area contributed by atoms with Gasteiger partial charge < -0.3 is 25.8 Å². The lowest BCUT2D eigenvalue weighted by Crippen LogP contribution is -2.41. The highest BCUT2D eigenvalue weighted by molar-refractivity contribution is 5.74. The van der Waals surface area contributed by atoms with Crippen LogP contribution in [0, 0.1) is 12.3 Å². The number of alkyl halides is 3. The minimum atomic E-state index is -4.82. The number of piperidine rings is 1. The zero-order valence-corrected chi connectivity index (χ0v) is 24.0. The average Bonchev–Trinajstić information content (AvgIpc) is 3.62. The van der Waals surface area contributed by atoms with Crippen LogP contribution in [-0.2, 0) is 4.79 Å². The summed E-state index contributed by atoms with van der Waals surface area (Å²) < 4.78 is 51.6. The van der Waals surface area contributed by atoms with Gasteiger partial charge in [0.2, 0.25) is 17.9 Å². The number of carboxylic acid groups (broad SMARTS) is 1. The van der Waals surface area contributed by atoms with E-state index < -0.39 is 24.3 Å². The summed E-state index contributed by atoms with van der Waals surface area (Å²) in [4.78, 5) is 21.7. The maximum atomic E-state index is 14.9. The van der Waals surface area contributed by atoms with Crippen molar-refractivity contribution in [3.63, 3.8) is 0 Å². The fourth-order valence-corrected chi connectivity index (χ4v) is 6.10. The Bertz CT molecular complexity index is 1650. The van der Waals surface area contributed by atoms with Gasteiger partial charge in [-0.3, -0.25) is 4.79 Å². The van der Waals surface area contributed by atoms with Crippen molar-refractivity contribution in [2.45, 2.75) is 44.5 Å². The number of aryl methyl sites for hydroxylation is 1. The van der Waals surface area contributed by atoms with E-state index in [0.717, 1.165) is 5.56 Å². The van der Waals surface area contributed by atoms with Gasteiger partial charge in [-0.2, -0.15) is 28.2 Å². The largest absolute Gasteiger partial charge is 0.480 e. The fraction of sp³-hybridized carbons (Fsp3) is 0.355. The summed E-state index contributed by atoms with van der Waals surface area (Å²) in [5.41, 5.74) is 7.90. The lowest BCUT2D eigenvalue weighted by molar-refractivity contribution is -0.198. The van der Waals surface area contributed by atoms with Crippen LogP contribution >= 0.6 is 0 Å². The molecule has 4 N–H and O–H groups in total. The molecular weight excluding hydrogens is 575 g/mol. The first kappa shape index (κ1) is 29.4. The number of nitrogens with one attached hydrogen (secondary N) is 1. The quantitative estimate of drug-likeness (QED) is 0.268. The monoisotopic (exact) mass is 607 g/mol. The second-order valence-corrected chi connectivity index (χ2v) is 11.5. The number of hydrogen-bond acceptors (Lipinski definition) is 8. The molecule has 1 spiro atoms. The molecule has 230 valence electrons. The van der Waals surface area contributed by atoms with E-state index in [1.54, 1.807) is 31.3 Å². The summed E-state index contributed by atoms with van der Waals surface area (Å²) in [7, 11) is 0. The SMILES string of the molecule is Cc1ccn(-c2ccc(-c3ccccc3)cc2[C@@H](Oc2cc(N3CCC4(CC3)CNC(C(=O)O)C4)nc(N)n2)C(F)(F)F)n1. The van der Waals surface area contributed by atoms with Gasteiger partial charge in [0.15, 0.2) is 0 Å². The molecule has 4 aromatic rings. The molecule has 0 saturated carbocycles. The molecule has 0 bridgehead atoms. The lowest BCUT2D eigenvalue weighted by atomic mass is 9.76. The predicted octanol–water partition coefficient (Wildman–Crippen LogP) is 4.94. The number of carbonyl (C=O) groups is 1. The number of anilines is 2. The van der Waals surface area contributed by atoms with Gasteiger partial charge in [-0.05, 0) is 60.9 Å². The molecule has 1 unspecified atom stereocenters. The summed E-state index contributed by atoms with van der Waals surface area (Å²) in [6, 6.07) is 16.4. The molecule has 2 aliphatic rings. The number of aromatic nitrogens is 4. The second-order valence-electron chi connectivity index (χ2n) is 11.5. The maximum absolute atomic E-state index is 14.9. The molecule has 0 amide bonds. The van der Waals surface area contributed by atoms with Gasteiger partial charge in [-0.25, -0.2) is 4.68 Å². The molecule has 4 heterocycles. The second kappa shape index (κ2) is 11.5. The Hall–Kier alpha value is -4.65. The number of carboxylic acids is 1. The number of benzene rings is 2. The van der Waals surface area contributed by atoms with Gasteiger partial charge in [0.1, 0.15) is 11.9 Å². The number of nitrogen functional groups attached to an aromatic ring is 1. The van der Waals surface area contributed by atoms with Crippen molar-refractivity contribution < 1.29 is 27.8 Å². The van der Waals surface area contributed by atoms with Crippen molar-refractivity contribution in [2.24, 2.45) is 5.41 Å². The van der Waals surface area contributed by atoms with E-state index in [1.165, 1.54) is 16.8 Å². The average molecular weight is 608 g/mol. The van der Waals surface area contributed by atoms with Gasteiger partial charge >= 0.3 is 12.1 Å². The molecule has 6 rings (SSSR count). The fourth-order valence-electron chi connectivity index (χ4n) is 6.10. The van der Waals surface area contributed by atoms with Crippen LogP contribution < -0.4 is 20.7 Å². The van der Waals surface area contributed by atoms with Crippen LogP contribution in [-0.4, -0.2) is 62.7 Å². The van der Waals surface area contributed by atoms with Crippen LogP contribution in [0.1, 0.15) is 36.6 Å². The van der Waals surface area contributed by atoms with E-state index in [2.05, 4.69) is 20.4 Å². The third-order valence-electron chi connectivity index (χ3n) is 8.44. The first-order valence-electron chi connectivity index (χ1n) is 14.3. The summed E-state index contributed by atoms with van der Waals surface area (Å²) in [5, 5.41) is 16.8. The molecule has 2 aliphatic heterocycles. The van der Waals surface area contributed by atoms with Crippen LogP contribution in [0.4, 0.5) is 24.9 Å². The summed E-state index contributed by atoms with van der Waals surface area (Å²) in [6.45, 7) is 3.43. The highest BCUT2D eigenvalue weighted by Gasteiger charge is 2.46. The molecule has 2 aromatic heterocycles. The maximum Gasteiger partial charge on any atom is 0.429 e. The molecule has 0 aliphatic carbocycles. The van der Waals surface area contributed by atoms with Gasteiger partial charge in [0.05, 0.1) is 11.4 Å². The van der Waals surface area contributed by atoms with Crippen LogP contribution in [0.5, 0.6) is 5.88 Å². The Morgan fingerprint density at radius 3 is 2.48 bits per heavy atom. The number of hydrogen-bond donors (Lipinski definition) is 3. The van der Waals surface area contributed by atoms with Crippen molar-refractivity contribution in [1.82, 2.24) is 25.1 Å². The first-order chi connectivity index (χ1) is 21.0. The van der Waals surface area contributed by atoms with Gasteiger partial charge in [-0.15, -0.1) is 0 Å². The van der Waals surface area contributed by atoms with E-state index in [-0.39, 0.29) is 28.5 Å². The highest BCUT2D eigenvalue weighted by atomic mass is 19.4. The van der Waals surface area contributed by atoms with Crippen molar-refractivity contribution in [3.8, 4) is 22.7 Å². The van der Waals surface area contributed by atoms with Crippen LogP contribution in [0.15, 0.2) is 66.9 Å². The molecule has 2 saturated heterocycles. The zero-order chi connectivity index (χ0) is 31.1. The molecular formula is C31H32F3N7O3. The molecule has 2 fully saturated rings. The number of halogens is 3. The van der Waals surface area contributed by atoms with Crippen molar-refractivity contribution in [2.75, 3.05) is 30.3 Å². The van der Waals surface area contributed by atoms with Crippen molar-refractivity contribution >= 4 is 17.7 Å². The van der Waals surface area contributed by atoms with E-state index in [4.69, 9.17) is 10.5 Å². The van der Waals surface area contributed by atoms with Gasteiger partial charge in [0.25, 0.3) is 0 Å². The molecule has 44 heavy (non-hydrogen) atoms. The van der Waals surface area contributed by atoms with Crippen LogP contribution in [0.3, 0.4) is 0 Å². The minimum absolute atomic E-state index is 0.137. The highest BCUT2D eigenvalue weighted by Crippen LogP contribution is 2.43. The van der Waals surface area contributed by atoms with E-state index in [0.29, 0.717) is 56.0 Å². The zero-order valence-electron chi connectivity index (χ0n) is 24.0. The molecule has 0 radical (unpaired) electrons. The topological polar surface area (TPSA) is 131 Å². The summed E-state index contributed by atoms with van der Waals surface area (Å²) in [6.07, 6.45) is -3.67. The molecule has 10 nitrogen and oxygen atoms in total. The van der Waals surface area contributed by atoms with E-state index in [1.807, 2.05) is 35.2 Å². The Kier molecular flexibility index (Phi) is 7.66. The third kappa shape index (κ3) is 6.05. The standard InChI is InChI=1S/C31H32F3N7O3/c1-19-9-12-41(39-19)24-8-7-21(20-5-3-2-4-6-20)15-22(24)27(31(32,33)34)44-26-16-25(37-29(35)38-26)40-13-10-30(11-14-40)17-23(28(42)43)36-18-30/h2-9,12,15-16,23,27,36H,10-11,13-14,17-18H2,1H3,(H,42,43)(H2,35,37,38)/t23?,27-/m1/s1. The number of nitrogens with two attached hydrogens (primary N) is 1. The molecule has 2 atom stereocenters. The van der Waals surface area contributed by atoms with Crippen LogP contribution in [0.2, 0.25) is 0 Å². The molecule has 13 heteroatoms. The Morgan fingerprint density at radius 2 is 1.84 bits per heavy atom.